The predicted octanol–water partition coefficient (Wildman–Crippen LogP) is 0.826. The summed E-state index contributed by atoms with van der Waals surface area (Å²) in [7, 11) is 0. The molecule has 4 nitrogen and oxygen atoms in total. The zero-order valence-electron chi connectivity index (χ0n) is 7.90. The first-order valence-electron chi connectivity index (χ1n) is 4.39. The Balaban J connectivity index is 2.86. The molecule has 0 saturated carbocycles. The molecule has 0 aliphatic carbocycles. The van der Waals surface area contributed by atoms with Gasteiger partial charge in [0.2, 0.25) is 0 Å². The molecule has 1 aromatic heterocycles. The zero-order chi connectivity index (χ0) is 11.4. The Morgan fingerprint density at radius 2 is 2.20 bits per heavy atom. The van der Waals surface area contributed by atoms with E-state index in [1.54, 1.807) is 0 Å². The van der Waals surface area contributed by atoms with Crippen LogP contribution >= 0.6 is 11.6 Å². The van der Waals surface area contributed by atoms with Crippen LogP contribution in [-0.2, 0) is 0 Å². The summed E-state index contributed by atoms with van der Waals surface area (Å²) in [5.41, 5.74) is 5.52. The monoisotopic (exact) mass is 234 g/mol. The van der Waals surface area contributed by atoms with Crippen molar-refractivity contribution < 1.29 is 14.6 Å². The average molecular weight is 235 g/mol. The largest absolute Gasteiger partial charge is 0.397 e. The van der Waals surface area contributed by atoms with Crippen LogP contribution in [0.1, 0.15) is 18.2 Å². The van der Waals surface area contributed by atoms with Crippen molar-refractivity contribution in [2.45, 2.75) is 18.6 Å². The predicted molar refractivity (Wildman–Crippen MR) is 54.9 cm³/mol. The fourth-order valence-corrected chi connectivity index (χ4v) is 1.39. The van der Waals surface area contributed by atoms with E-state index in [2.05, 4.69) is 4.98 Å². The summed E-state index contributed by atoms with van der Waals surface area (Å²) >= 11 is 5.41. The van der Waals surface area contributed by atoms with Crippen LogP contribution in [0.4, 0.5) is 10.1 Å². The second kappa shape index (κ2) is 5.25. The number of anilines is 1. The van der Waals surface area contributed by atoms with E-state index in [1.165, 1.54) is 0 Å². The minimum atomic E-state index is -1.25. The topological polar surface area (TPSA) is 79.4 Å². The van der Waals surface area contributed by atoms with E-state index in [9.17, 15) is 14.6 Å². The van der Waals surface area contributed by atoms with Crippen molar-refractivity contribution in [1.82, 2.24) is 4.98 Å². The summed E-state index contributed by atoms with van der Waals surface area (Å²) in [5.74, 6) is -0.380. The lowest BCUT2D eigenvalue weighted by Gasteiger charge is -2.17. The minimum Gasteiger partial charge on any atom is -0.397 e. The highest BCUT2D eigenvalue weighted by atomic mass is 35.5. The van der Waals surface area contributed by atoms with Crippen molar-refractivity contribution >= 4 is 17.3 Å². The van der Waals surface area contributed by atoms with Gasteiger partial charge in [-0.2, -0.15) is 0 Å². The maximum atomic E-state index is 12.7. The lowest BCUT2D eigenvalue weighted by molar-refractivity contribution is 0.0148. The molecule has 6 heteroatoms. The van der Waals surface area contributed by atoms with Gasteiger partial charge in [-0.1, -0.05) is 0 Å². The van der Waals surface area contributed by atoms with E-state index < -0.39 is 18.0 Å². The molecule has 0 saturated heterocycles. The molecular formula is C9H12ClFN2O2. The van der Waals surface area contributed by atoms with Crippen molar-refractivity contribution in [3.8, 4) is 0 Å². The van der Waals surface area contributed by atoms with Crippen LogP contribution in [0.5, 0.6) is 0 Å². The van der Waals surface area contributed by atoms with Crippen LogP contribution < -0.4 is 5.73 Å². The number of hydrogen-bond donors (Lipinski definition) is 3. The average Bonchev–Trinajstić information content (AvgIpc) is 2.17. The summed E-state index contributed by atoms with van der Waals surface area (Å²) in [6, 6.07) is 1.04. The second-order valence-corrected chi connectivity index (χ2v) is 3.50. The van der Waals surface area contributed by atoms with Gasteiger partial charge in [0.1, 0.15) is 11.9 Å². The first kappa shape index (κ1) is 12.2. The summed E-state index contributed by atoms with van der Waals surface area (Å²) in [6.07, 6.45) is -1.16. The third kappa shape index (κ3) is 3.02. The number of pyridine rings is 1. The Kier molecular flexibility index (Phi) is 4.26. The Bertz CT molecular complexity index is 338. The number of hydrogen-bond acceptors (Lipinski definition) is 4. The van der Waals surface area contributed by atoms with Gasteiger partial charge in [0.15, 0.2) is 0 Å². The maximum absolute atomic E-state index is 12.7. The second-order valence-electron chi connectivity index (χ2n) is 3.12. The van der Waals surface area contributed by atoms with Gasteiger partial charge in [-0.05, 0) is 6.42 Å². The molecule has 15 heavy (non-hydrogen) atoms. The van der Waals surface area contributed by atoms with Crippen LogP contribution in [0.3, 0.4) is 0 Å². The van der Waals surface area contributed by atoms with Gasteiger partial charge in [0.25, 0.3) is 0 Å². The lowest BCUT2D eigenvalue weighted by atomic mass is 10.1. The highest BCUT2D eigenvalue weighted by molar-refractivity contribution is 6.17. The SMILES string of the molecule is Nc1cc(F)cnc1C(O)C(O)CCCl. The van der Waals surface area contributed by atoms with Crippen LogP contribution in [0.2, 0.25) is 0 Å². The smallest absolute Gasteiger partial charge is 0.143 e. The minimum absolute atomic E-state index is 0.0103. The standard InChI is InChI=1S/C9H12ClFN2O2/c10-2-1-7(14)9(15)8-6(12)3-5(11)4-13-8/h3-4,7,9,14-15H,1-2,12H2. The number of nitrogens with zero attached hydrogens (tertiary/aromatic N) is 1. The molecule has 1 heterocycles. The van der Waals surface area contributed by atoms with Gasteiger partial charge in [0, 0.05) is 11.9 Å². The van der Waals surface area contributed by atoms with E-state index in [0.29, 0.717) is 0 Å². The van der Waals surface area contributed by atoms with Gasteiger partial charge in [-0.3, -0.25) is 4.98 Å². The number of rotatable bonds is 4. The number of alkyl halides is 1. The molecule has 0 bridgehead atoms. The highest BCUT2D eigenvalue weighted by Crippen LogP contribution is 2.22. The molecule has 2 atom stereocenters. The van der Waals surface area contributed by atoms with Gasteiger partial charge in [-0.15, -0.1) is 11.6 Å². The lowest BCUT2D eigenvalue weighted by Crippen LogP contribution is -2.21. The molecule has 0 fully saturated rings. The van der Waals surface area contributed by atoms with E-state index >= 15 is 0 Å². The van der Waals surface area contributed by atoms with Gasteiger partial charge >= 0.3 is 0 Å². The number of aliphatic hydroxyl groups is 2. The number of nitrogens with two attached hydrogens (primary N) is 1. The molecule has 0 radical (unpaired) electrons. The summed E-state index contributed by atoms with van der Waals surface area (Å²) < 4.78 is 12.7. The Morgan fingerprint density at radius 3 is 2.73 bits per heavy atom. The van der Waals surface area contributed by atoms with Crippen LogP contribution in [0, 0.1) is 5.82 Å². The Hall–Kier alpha value is -0.910. The van der Waals surface area contributed by atoms with E-state index in [4.69, 9.17) is 17.3 Å². The van der Waals surface area contributed by atoms with Crippen molar-refractivity contribution in [1.29, 1.82) is 0 Å². The summed E-state index contributed by atoms with van der Waals surface area (Å²) in [4.78, 5) is 3.63. The Labute approximate surface area is 91.5 Å². The van der Waals surface area contributed by atoms with E-state index in [-0.39, 0.29) is 23.7 Å². The van der Waals surface area contributed by atoms with Crippen LogP contribution in [0.15, 0.2) is 12.3 Å². The molecule has 0 aromatic carbocycles. The van der Waals surface area contributed by atoms with Crippen molar-refractivity contribution in [2.75, 3.05) is 11.6 Å². The Morgan fingerprint density at radius 1 is 1.53 bits per heavy atom. The molecule has 4 N–H and O–H groups in total. The summed E-state index contributed by atoms with van der Waals surface area (Å²) in [5, 5.41) is 19.1. The van der Waals surface area contributed by atoms with E-state index in [0.717, 1.165) is 12.3 Å². The summed E-state index contributed by atoms with van der Waals surface area (Å²) in [6.45, 7) is 0. The first-order chi connectivity index (χ1) is 7.06. The molecule has 0 aliphatic heterocycles. The van der Waals surface area contributed by atoms with Gasteiger partial charge in [-0.25, -0.2) is 4.39 Å². The van der Waals surface area contributed by atoms with Crippen molar-refractivity contribution in [3.05, 3.63) is 23.8 Å². The molecule has 1 aromatic rings. The molecule has 2 unspecified atom stereocenters. The van der Waals surface area contributed by atoms with Crippen molar-refractivity contribution in [3.63, 3.8) is 0 Å². The number of nitrogen functional groups attached to an aromatic ring is 1. The molecule has 0 amide bonds. The molecule has 0 aliphatic rings. The van der Waals surface area contributed by atoms with Crippen molar-refractivity contribution in [2.24, 2.45) is 0 Å². The number of aromatic nitrogens is 1. The van der Waals surface area contributed by atoms with Gasteiger partial charge < -0.3 is 15.9 Å². The van der Waals surface area contributed by atoms with Crippen LogP contribution in [-0.4, -0.2) is 27.2 Å². The van der Waals surface area contributed by atoms with Crippen LogP contribution in [0.25, 0.3) is 0 Å². The number of halogens is 2. The molecule has 0 spiro atoms. The normalized spacial score (nSPS) is 14.9. The van der Waals surface area contributed by atoms with E-state index in [1.807, 2.05) is 0 Å². The highest BCUT2D eigenvalue weighted by Gasteiger charge is 2.21. The third-order valence-corrected chi connectivity index (χ3v) is 2.18. The fourth-order valence-electron chi connectivity index (χ4n) is 1.16. The zero-order valence-corrected chi connectivity index (χ0v) is 8.65. The van der Waals surface area contributed by atoms with Gasteiger partial charge in [0.05, 0.1) is 23.7 Å². The first-order valence-corrected chi connectivity index (χ1v) is 4.92. The fraction of sp³-hybridized carbons (Fsp3) is 0.444. The third-order valence-electron chi connectivity index (χ3n) is 1.97. The molecule has 1 rings (SSSR count). The maximum Gasteiger partial charge on any atom is 0.143 e. The molecule has 84 valence electrons. The number of aliphatic hydroxyl groups excluding tert-OH is 2. The quantitative estimate of drug-likeness (QED) is 0.674. The molecular weight excluding hydrogens is 223 g/mol.